The fourth-order valence-corrected chi connectivity index (χ4v) is 1.84. The molecule has 0 unspecified atom stereocenters. The van der Waals surface area contributed by atoms with Crippen LogP contribution in [0.4, 0.5) is 18.9 Å². The summed E-state index contributed by atoms with van der Waals surface area (Å²) in [4.78, 5) is 15.8. The lowest BCUT2D eigenvalue weighted by atomic mass is 10.2. The van der Waals surface area contributed by atoms with Gasteiger partial charge in [-0.15, -0.1) is 0 Å². The Hall–Kier alpha value is -2.81. The van der Waals surface area contributed by atoms with Crippen LogP contribution in [0.3, 0.4) is 0 Å². The lowest BCUT2D eigenvalue weighted by Gasteiger charge is -2.09. The predicted octanol–water partition coefficient (Wildman–Crippen LogP) is 3.30. The molecule has 140 valence electrons. The standard InChI is InChI=1S/C17H17F3N2O4/c1-24-8-9-25-14-5-3-13(4-6-14)22-16(23)12-2-7-15(21-10-12)26-11-17(18,19)20/h2-7,10H,8-9,11H2,1H3,(H,22,23). The number of carbonyl (C=O) groups excluding carboxylic acids is 1. The maximum absolute atomic E-state index is 12.1. The average molecular weight is 370 g/mol. The number of anilines is 1. The SMILES string of the molecule is COCCOc1ccc(NC(=O)c2ccc(OCC(F)(F)F)nc2)cc1. The summed E-state index contributed by atoms with van der Waals surface area (Å²) in [5.74, 6) is -0.0303. The van der Waals surface area contributed by atoms with E-state index in [9.17, 15) is 18.0 Å². The Bertz CT molecular complexity index is 703. The predicted molar refractivity (Wildman–Crippen MR) is 87.6 cm³/mol. The Morgan fingerprint density at radius 1 is 1.08 bits per heavy atom. The van der Waals surface area contributed by atoms with Crippen molar-refractivity contribution in [2.75, 3.05) is 32.2 Å². The minimum Gasteiger partial charge on any atom is -0.491 e. The summed E-state index contributed by atoms with van der Waals surface area (Å²) in [6.07, 6.45) is -3.31. The van der Waals surface area contributed by atoms with Crippen LogP contribution in [0.15, 0.2) is 42.6 Å². The molecule has 0 saturated carbocycles. The first kappa shape index (κ1) is 19.5. The molecular weight excluding hydrogens is 353 g/mol. The van der Waals surface area contributed by atoms with Gasteiger partial charge < -0.3 is 19.5 Å². The summed E-state index contributed by atoms with van der Waals surface area (Å²) in [6.45, 7) is -0.560. The van der Waals surface area contributed by atoms with E-state index in [1.54, 1.807) is 31.4 Å². The number of aromatic nitrogens is 1. The first-order valence-corrected chi connectivity index (χ1v) is 7.56. The van der Waals surface area contributed by atoms with Crippen LogP contribution in [-0.4, -0.2) is 44.0 Å². The first-order chi connectivity index (χ1) is 12.4. The molecular formula is C17H17F3N2O4. The molecule has 1 N–H and O–H groups in total. The number of nitrogens with one attached hydrogen (secondary N) is 1. The van der Waals surface area contributed by atoms with Crippen LogP contribution in [0.2, 0.25) is 0 Å². The van der Waals surface area contributed by atoms with Gasteiger partial charge in [-0.05, 0) is 30.3 Å². The minimum atomic E-state index is -4.45. The van der Waals surface area contributed by atoms with E-state index in [1.807, 2.05) is 0 Å². The molecule has 1 aromatic heterocycles. The van der Waals surface area contributed by atoms with Gasteiger partial charge in [0.25, 0.3) is 5.91 Å². The van der Waals surface area contributed by atoms with E-state index in [-0.39, 0.29) is 11.4 Å². The molecule has 0 fully saturated rings. The summed E-state index contributed by atoms with van der Waals surface area (Å²) in [5, 5.41) is 2.65. The molecule has 1 heterocycles. The number of ether oxygens (including phenoxy) is 3. The van der Waals surface area contributed by atoms with Crippen molar-refractivity contribution in [2.24, 2.45) is 0 Å². The molecule has 0 aliphatic heterocycles. The molecule has 0 aliphatic carbocycles. The minimum absolute atomic E-state index is 0.185. The van der Waals surface area contributed by atoms with Gasteiger partial charge in [0.15, 0.2) is 6.61 Å². The van der Waals surface area contributed by atoms with Crippen LogP contribution < -0.4 is 14.8 Å². The van der Waals surface area contributed by atoms with Crippen LogP contribution in [0.1, 0.15) is 10.4 Å². The monoisotopic (exact) mass is 370 g/mol. The number of halogens is 3. The van der Waals surface area contributed by atoms with Crippen molar-refractivity contribution in [1.29, 1.82) is 0 Å². The van der Waals surface area contributed by atoms with Crippen LogP contribution in [-0.2, 0) is 4.74 Å². The van der Waals surface area contributed by atoms with E-state index in [4.69, 9.17) is 9.47 Å². The second-order valence-electron chi connectivity index (χ2n) is 5.11. The maximum Gasteiger partial charge on any atom is 0.422 e. The molecule has 2 aromatic rings. The normalized spacial score (nSPS) is 11.1. The quantitative estimate of drug-likeness (QED) is 0.722. The van der Waals surface area contributed by atoms with Gasteiger partial charge in [-0.3, -0.25) is 4.79 Å². The van der Waals surface area contributed by atoms with Gasteiger partial charge in [-0.25, -0.2) is 4.98 Å². The van der Waals surface area contributed by atoms with Crippen molar-refractivity contribution in [3.05, 3.63) is 48.2 Å². The van der Waals surface area contributed by atoms with E-state index in [0.29, 0.717) is 24.7 Å². The molecule has 9 heteroatoms. The fourth-order valence-electron chi connectivity index (χ4n) is 1.84. The van der Waals surface area contributed by atoms with Crippen molar-refractivity contribution in [3.8, 4) is 11.6 Å². The number of rotatable bonds is 8. The molecule has 1 aromatic carbocycles. The van der Waals surface area contributed by atoms with Gasteiger partial charge in [0, 0.05) is 25.1 Å². The highest BCUT2D eigenvalue weighted by Gasteiger charge is 2.28. The third-order valence-electron chi connectivity index (χ3n) is 3.05. The highest BCUT2D eigenvalue weighted by molar-refractivity contribution is 6.04. The molecule has 26 heavy (non-hydrogen) atoms. The summed E-state index contributed by atoms with van der Waals surface area (Å²) in [5.41, 5.74) is 0.719. The molecule has 0 radical (unpaired) electrons. The highest BCUT2D eigenvalue weighted by Crippen LogP contribution is 2.18. The summed E-state index contributed by atoms with van der Waals surface area (Å²) in [6, 6.07) is 9.24. The Morgan fingerprint density at radius 3 is 2.38 bits per heavy atom. The zero-order valence-corrected chi connectivity index (χ0v) is 13.9. The Kier molecular flexibility index (Phi) is 6.79. The number of carbonyl (C=O) groups is 1. The number of pyridine rings is 1. The Morgan fingerprint density at radius 2 is 1.81 bits per heavy atom. The topological polar surface area (TPSA) is 69.7 Å². The Balaban J connectivity index is 1.88. The van der Waals surface area contributed by atoms with Crippen molar-refractivity contribution in [1.82, 2.24) is 4.98 Å². The van der Waals surface area contributed by atoms with E-state index in [1.165, 1.54) is 12.1 Å². The van der Waals surface area contributed by atoms with Crippen molar-refractivity contribution < 1.29 is 32.2 Å². The lowest BCUT2D eigenvalue weighted by Crippen LogP contribution is -2.19. The van der Waals surface area contributed by atoms with E-state index >= 15 is 0 Å². The van der Waals surface area contributed by atoms with E-state index in [0.717, 1.165) is 6.20 Å². The van der Waals surface area contributed by atoms with Crippen LogP contribution >= 0.6 is 0 Å². The van der Waals surface area contributed by atoms with Crippen LogP contribution in [0.5, 0.6) is 11.6 Å². The fraction of sp³-hybridized carbons (Fsp3) is 0.294. The van der Waals surface area contributed by atoms with Crippen LogP contribution in [0.25, 0.3) is 0 Å². The van der Waals surface area contributed by atoms with Crippen molar-refractivity contribution in [2.45, 2.75) is 6.18 Å². The largest absolute Gasteiger partial charge is 0.491 e. The summed E-state index contributed by atoms with van der Waals surface area (Å²) < 4.78 is 51.0. The van der Waals surface area contributed by atoms with Gasteiger partial charge >= 0.3 is 6.18 Å². The molecule has 1 amide bonds. The second kappa shape index (κ2) is 9.04. The molecule has 0 saturated heterocycles. The zero-order chi connectivity index (χ0) is 19.0. The second-order valence-corrected chi connectivity index (χ2v) is 5.11. The van der Waals surface area contributed by atoms with Gasteiger partial charge in [0.1, 0.15) is 12.4 Å². The molecule has 0 bridgehead atoms. The van der Waals surface area contributed by atoms with Gasteiger partial charge in [0.05, 0.1) is 12.2 Å². The van der Waals surface area contributed by atoms with E-state index in [2.05, 4.69) is 15.0 Å². The van der Waals surface area contributed by atoms with Crippen molar-refractivity contribution >= 4 is 11.6 Å². The number of benzene rings is 1. The lowest BCUT2D eigenvalue weighted by molar-refractivity contribution is -0.154. The zero-order valence-electron chi connectivity index (χ0n) is 13.9. The van der Waals surface area contributed by atoms with Gasteiger partial charge in [0.2, 0.25) is 5.88 Å². The molecule has 6 nitrogen and oxygen atoms in total. The summed E-state index contributed by atoms with van der Waals surface area (Å²) in [7, 11) is 1.58. The number of methoxy groups -OCH3 is 1. The summed E-state index contributed by atoms with van der Waals surface area (Å²) >= 11 is 0. The number of amides is 1. The number of hydrogen-bond acceptors (Lipinski definition) is 5. The highest BCUT2D eigenvalue weighted by atomic mass is 19.4. The molecule has 0 atom stereocenters. The molecule has 2 rings (SSSR count). The van der Waals surface area contributed by atoms with Gasteiger partial charge in [-0.2, -0.15) is 13.2 Å². The number of alkyl halides is 3. The first-order valence-electron chi connectivity index (χ1n) is 7.56. The number of nitrogens with zero attached hydrogens (tertiary/aromatic N) is 1. The maximum atomic E-state index is 12.1. The number of hydrogen-bond donors (Lipinski definition) is 1. The third-order valence-corrected chi connectivity index (χ3v) is 3.05. The van der Waals surface area contributed by atoms with Crippen LogP contribution in [0, 0.1) is 0 Å². The molecule has 0 aliphatic rings. The van der Waals surface area contributed by atoms with Crippen molar-refractivity contribution in [3.63, 3.8) is 0 Å². The van der Waals surface area contributed by atoms with Gasteiger partial charge in [-0.1, -0.05) is 0 Å². The Labute approximate surface area is 147 Å². The molecule has 0 spiro atoms. The van der Waals surface area contributed by atoms with E-state index < -0.39 is 18.7 Å². The third kappa shape index (κ3) is 6.60. The smallest absolute Gasteiger partial charge is 0.422 e. The average Bonchev–Trinajstić information content (AvgIpc) is 2.61.